The van der Waals surface area contributed by atoms with E-state index in [0.29, 0.717) is 12.1 Å². The highest BCUT2D eigenvalue weighted by Crippen LogP contribution is 2.20. The van der Waals surface area contributed by atoms with E-state index in [-0.39, 0.29) is 42.3 Å². The highest BCUT2D eigenvalue weighted by atomic mass is 16.2. The number of benzene rings is 1. The minimum Gasteiger partial charge on any atom is -0.383 e. The van der Waals surface area contributed by atoms with Crippen molar-refractivity contribution >= 4 is 29.0 Å². The third-order valence-electron chi connectivity index (χ3n) is 5.21. The second-order valence-electron chi connectivity index (χ2n) is 9.50. The monoisotopic (exact) mass is 472 g/mol. The molecular weight excluding hydrogens is 436 g/mol. The lowest BCUT2D eigenvalue weighted by molar-refractivity contribution is -0.119. The number of hydrogen-bond donors (Lipinski definition) is 2. The Balaban J connectivity index is 2.40. The molecule has 0 saturated carbocycles. The van der Waals surface area contributed by atoms with Crippen molar-refractivity contribution in [1.82, 2.24) is 14.5 Å². The van der Waals surface area contributed by atoms with Crippen LogP contribution in [0.3, 0.4) is 0 Å². The molecule has 0 aliphatic carbocycles. The molecule has 2 amide bonds. The summed E-state index contributed by atoms with van der Waals surface area (Å²) >= 11 is 0. The third-order valence-corrected chi connectivity index (χ3v) is 5.21. The van der Waals surface area contributed by atoms with Crippen LogP contribution >= 0.6 is 0 Å². The predicted octanol–water partition coefficient (Wildman–Crippen LogP) is 1.60. The molecule has 10 nitrogen and oxygen atoms in total. The number of amides is 2. The Labute approximate surface area is 200 Å². The van der Waals surface area contributed by atoms with E-state index in [9.17, 15) is 19.2 Å². The van der Waals surface area contributed by atoms with Gasteiger partial charge in [-0.25, -0.2) is 4.79 Å². The molecule has 1 aromatic carbocycles. The molecule has 34 heavy (non-hydrogen) atoms. The Bertz CT molecular complexity index is 1150. The maximum atomic E-state index is 13.4. The average molecular weight is 473 g/mol. The summed E-state index contributed by atoms with van der Waals surface area (Å²) < 4.78 is 1.27. The van der Waals surface area contributed by atoms with E-state index in [2.05, 4.69) is 4.98 Å². The van der Waals surface area contributed by atoms with Crippen molar-refractivity contribution in [2.75, 3.05) is 49.8 Å². The highest BCUT2D eigenvalue weighted by molar-refractivity contribution is 6.01. The lowest BCUT2D eigenvalue weighted by Gasteiger charge is -2.28. The summed E-state index contributed by atoms with van der Waals surface area (Å²) in [6.07, 6.45) is 0. The van der Waals surface area contributed by atoms with Gasteiger partial charge in [0.1, 0.15) is 12.4 Å². The minimum atomic E-state index is -0.732. The van der Waals surface area contributed by atoms with Gasteiger partial charge in [0.15, 0.2) is 5.69 Å². The number of rotatable bonds is 9. The summed E-state index contributed by atoms with van der Waals surface area (Å²) in [6.45, 7) is 7.86. The number of hydrogen-bond acceptors (Lipinski definition) is 6. The number of nitrogens with zero attached hydrogens (tertiary/aromatic N) is 4. The number of nitrogens with one attached hydrogen (secondary N) is 1. The molecule has 0 radical (unpaired) electrons. The van der Waals surface area contributed by atoms with Crippen molar-refractivity contribution in [3.8, 4) is 0 Å². The molecule has 3 N–H and O–H groups in total. The fraction of sp³-hybridized carbons (Fsp3) is 0.500. The Hall–Kier alpha value is -3.56. The standard InChI is InChI=1S/C24H36N6O4/c1-15(2)12-29(20-21(25)30(13-16(3)4)24(34)26-22(20)32)19(31)14-28(7)23(33)17-9-8-10-18(11-17)27(5)6/h8-11,15-16H,12-14,25H2,1-7H3,(H,26,32,34). The molecule has 186 valence electrons. The molecule has 0 fully saturated rings. The lowest BCUT2D eigenvalue weighted by Crippen LogP contribution is -2.47. The van der Waals surface area contributed by atoms with Crippen LogP contribution in [0.15, 0.2) is 33.9 Å². The van der Waals surface area contributed by atoms with Gasteiger partial charge < -0.3 is 20.4 Å². The summed E-state index contributed by atoms with van der Waals surface area (Å²) in [4.78, 5) is 58.1. The fourth-order valence-corrected chi connectivity index (χ4v) is 3.57. The molecule has 2 aromatic rings. The second kappa shape index (κ2) is 11.0. The summed E-state index contributed by atoms with van der Waals surface area (Å²) in [7, 11) is 5.28. The quantitative estimate of drug-likeness (QED) is 0.571. The largest absolute Gasteiger partial charge is 0.383 e. The van der Waals surface area contributed by atoms with Crippen LogP contribution in [-0.2, 0) is 11.3 Å². The zero-order valence-electron chi connectivity index (χ0n) is 21.1. The lowest BCUT2D eigenvalue weighted by atomic mass is 10.1. The predicted molar refractivity (Wildman–Crippen MR) is 135 cm³/mol. The van der Waals surface area contributed by atoms with Crippen molar-refractivity contribution in [2.24, 2.45) is 11.8 Å². The number of likely N-dealkylation sites (N-methyl/N-ethyl adjacent to an activating group) is 1. The smallest absolute Gasteiger partial charge is 0.330 e. The number of H-pyrrole nitrogens is 1. The van der Waals surface area contributed by atoms with Gasteiger partial charge in [0.05, 0.1) is 0 Å². The first-order valence-electron chi connectivity index (χ1n) is 11.3. The van der Waals surface area contributed by atoms with E-state index in [0.717, 1.165) is 5.69 Å². The maximum Gasteiger partial charge on any atom is 0.330 e. The third kappa shape index (κ3) is 6.27. The minimum absolute atomic E-state index is 0.00556. The molecule has 0 atom stereocenters. The first kappa shape index (κ1) is 26.7. The van der Waals surface area contributed by atoms with Crippen LogP contribution < -0.4 is 26.8 Å². The molecule has 1 heterocycles. The second-order valence-corrected chi connectivity index (χ2v) is 9.50. The number of nitrogen functional groups attached to an aromatic ring is 1. The van der Waals surface area contributed by atoms with Crippen LogP contribution in [0, 0.1) is 11.8 Å². The summed E-state index contributed by atoms with van der Waals surface area (Å²) in [5, 5.41) is 0. The van der Waals surface area contributed by atoms with Crippen LogP contribution in [0.5, 0.6) is 0 Å². The van der Waals surface area contributed by atoms with E-state index in [1.54, 1.807) is 18.2 Å². The summed E-state index contributed by atoms with van der Waals surface area (Å²) in [6, 6.07) is 7.10. The zero-order chi connectivity index (χ0) is 25.7. The Kier molecular flexibility index (Phi) is 8.67. The van der Waals surface area contributed by atoms with E-state index in [1.165, 1.54) is 21.4 Å². The summed E-state index contributed by atoms with van der Waals surface area (Å²) in [5.41, 5.74) is 6.12. The van der Waals surface area contributed by atoms with E-state index >= 15 is 0 Å². The van der Waals surface area contributed by atoms with Crippen molar-refractivity contribution in [1.29, 1.82) is 0 Å². The molecule has 2 rings (SSSR count). The molecule has 1 aromatic heterocycles. The van der Waals surface area contributed by atoms with Crippen molar-refractivity contribution in [2.45, 2.75) is 34.2 Å². The van der Waals surface area contributed by atoms with Gasteiger partial charge in [-0.2, -0.15) is 0 Å². The SMILES string of the molecule is CC(C)CN(C(=O)CN(C)C(=O)c1cccc(N(C)C)c1)c1c(N)n(CC(C)C)c(=O)[nH]c1=O. The number of aromatic amines is 1. The molecule has 0 saturated heterocycles. The van der Waals surface area contributed by atoms with Crippen LogP contribution in [0.25, 0.3) is 0 Å². The fourth-order valence-electron chi connectivity index (χ4n) is 3.57. The van der Waals surface area contributed by atoms with Gasteiger partial charge in [-0.15, -0.1) is 0 Å². The molecular formula is C24H36N6O4. The number of anilines is 3. The topological polar surface area (TPSA) is 125 Å². The molecule has 0 spiro atoms. The molecule has 10 heteroatoms. The van der Waals surface area contributed by atoms with Crippen molar-refractivity contribution in [3.05, 3.63) is 50.7 Å². The molecule has 0 bridgehead atoms. The first-order valence-corrected chi connectivity index (χ1v) is 11.3. The highest BCUT2D eigenvalue weighted by Gasteiger charge is 2.27. The van der Waals surface area contributed by atoms with Crippen LogP contribution in [-0.4, -0.2) is 60.5 Å². The van der Waals surface area contributed by atoms with Gasteiger partial charge in [0.25, 0.3) is 11.5 Å². The van der Waals surface area contributed by atoms with Crippen molar-refractivity contribution < 1.29 is 9.59 Å². The number of carbonyl (C=O) groups excluding carboxylic acids is 2. The van der Waals surface area contributed by atoms with Crippen LogP contribution in [0.4, 0.5) is 17.2 Å². The zero-order valence-corrected chi connectivity index (χ0v) is 21.1. The van der Waals surface area contributed by atoms with E-state index in [4.69, 9.17) is 5.73 Å². The summed E-state index contributed by atoms with van der Waals surface area (Å²) in [5.74, 6) is -0.765. The van der Waals surface area contributed by atoms with E-state index < -0.39 is 17.2 Å². The van der Waals surface area contributed by atoms with E-state index in [1.807, 2.05) is 52.8 Å². The van der Waals surface area contributed by atoms with Gasteiger partial charge in [-0.1, -0.05) is 33.8 Å². The Morgan fingerprint density at radius 1 is 1.06 bits per heavy atom. The van der Waals surface area contributed by atoms with Crippen molar-refractivity contribution in [3.63, 3.8) is 0 Å². The molecule has 0 aliphatic rings. The van der Waals surface area contributed by atoms with Gasteiger partial charge in [-0.3, -0.25) is 23.9 Å². The average Bonchev–Trinajstić information content (AvgIpc) is 2.74. The first-order chi connectivity index (χ1) is 15.8. The Morgan fingerprint density at radius 2 is 1.71 bits per heavy atom. The van der Waals surface area contributed by atoms with Gasteiger partial charge in [0.2, 0.25) is 5.91 Å². The van der Waals surface area contributed by atoms with Crippen LogP contribution in [0.2, 0.25) is 0 Å². The van der Waals surface area contributed by atoms with Gasteiger partial charge in [-0.05, 0) is 30.0 Å². The van der Waals surface area contributed by atoms with Crippen LogP contribution in [0.1, 0.15) is 38.1 Å². The number of carbonyl (C=O) groups is 2. The number of nitrogens with two attached hydrogens (primary N) is 1. The van der Waals surface area contributed by atoms with Gasteiger partial charge in [0, 0.05) is 45.5 Å². The maximum absolute atomic E-state index is 13.4. The Morgan fingerprint density at radius 3 is 2.26 bits per heavy atom. The number of aromatic nitrogens is 2. The molecule has 0 unspecified atom stereocenters. The molecule has 0 aliphatic heterocycles. The normalized spacial score (nSPS) is 11.1. The van der Waals surface area contributed by atoms with Gasteiger partial charge >= 0.3 is 5.69 Å².